The topological polar surface area (TPSA) is 79.2 Å². The zero-order valence-electron chi connectivity index (χ0n) is 19.7. The summed E-state index contributed by atoms with van der Waals surface area (Å²) in [6, 6.07) is 8.03. The van der Waals surface area contributed by atoms with Crippen LogP contribution in [0.1, 0.15) is 23.1 Å². The molecule has 1 fully saturated rings. The molecule has 3 aliphatic rings. The molecule has 4 heterocycles. The van der Waals surface area contributed by atoms with E-state index in [0.29, 0.717) is 45.4 Å². The number of nitrogens with zero attached hydrogens (tertiary/aromatic N) is 2. The summed E-state index contributed by atoms with van der Waals surface area (Å²) in [5.74, 6) is 0.576. The number of benzene rings is 1. The van der Waals surface area contributed by atoms with Crippen molar-refractivity contribution in [3.63, 3.8) is 0 Å². The molecule has 1 saturated heterocycles. The lowest BCUT2D eigenvalue weighted by molar-refractivity contribution is -0.102. The zero-order chi connectivity index (χ0) is 23.7. The van der Waals surface area contributed by atoms with Gasteiger partial charge in [-0.05, 0) is 36.5 Å². The van der Waals surface area contributed by atoms with Gasteiger partial charge in [-0.2, -0.15) is 0 Å². The molecule has 3 aliphatic heterocycles. The molecule has 0 N–H and O–H groups in total. The SMILES string of the molecule is COC(=O)N1CC=C(c2ccc3c(c2)CCn2c(OC[C@@H]4COCCO4)cc(=O)c(C)c2-3)CC1. The van der Waals surface area contributed by atoms with Gasteiger partial charge < -0.3 is 28.4 Å². The van der Waals surface area contributed by atoms with E-state index < -0.39 is 0 Å². The molecule has 0 bridgehead atoms. The number of fused-ring (bicyclic) bond motifs is 3. The van der Waals surface area contributed by atoms with E-state index in [1.165, 1.54) is 23.8 Å². The highest BCUT2D eigenvalue weighted by molar-refractivity contribution is 5.76. The van der Waals surface area contributed by atoms with E-state index in [2.05, 4.69) is 28.8 Å². The monoisotopic (exact) mass is 466 g/mol. The van der Waals surface area contributed by atoms with Crippen molar-refractivity contribution in [2.45, 2.75) is 32.4 Å². The summed E-state index contributed by atoms with van der Waals surface area (Å²) < 4.78 is 24.1. The average Bonchev–Trinajstić information content (AvgIpc) is 2.89. The average molecular weight is 467 g/mol. The van der Waals surface area contributed by atoms with Crippen molar-refractivity contribution in [2.75, 3.05) is 46.6 Å². The molecule has 0 saturated carbocycles. The van der Waals surface area contributed by atoms with Crippen molar-refractivity contribution in [3.8, 4) is 17.1 Å². The van der Waals surface area contributed by atoms with Gasteiger partial charge in [0, 0.05) is 36.8 Å². The van der Waals surface area contributed by atoms with E-state index in [1.54, 1.807) is 11.0 Å². The highest BCUT2D eigenvalue weighted by Gasteiger charge is 2.25. The summed E-state index contributed by atoms with van der Waals surface area (Å²) in [7, 11) is 1.41. The Morgan fingerprint density at radius 1 is 1.18 bits per heavy atom. The molecule has 8 heteroatoms. The van der Waals surface area contributed by atoms with Gasteiger partial charge in [0.05, 0.1) is 32.6 Å². The number of carbonyl (C=O) groups excluding carboxylic acids is 1. The molecule has 1 aromatic heterocycles. The highest BCUT2D eigenvalue weighted by Crippen LogP contribution is 2.36. The Hall–Kier alpha value is -3.10. The predicted molar refractivity (Wildman–Crippen MR) is 127 cm³/mol. The molecule has 2 aromatic rings. The highest BCUT2D eigenvalue weighted by atomic mass is 16.6. The lowest BCUT2D eigenvalue weighted by Crippen LogP contribution is -2.34. The molecule has 1 amide bonds. The minimum absolute atomic E-state index is 0.0307. The molecule has 5 rings (SSSR count). The molecule has 0 spiro atoms. The van der Waals surface area contributed by atoms with E-state index in [4.69, 9.17) is 18.9 Å². The van der Waals surface area contributed by atoms with Gasteiger partial charge >= 0.3 is 6.09 Å². The number of rotatable bonds is 4. The Morgan fingerprint density at radius 3 is 2.79 bits per heavy atom. The number of methoxy groups -OCH3 is 1. The van der Waals surface area contributed by atoms with Crippen LogP contribution in [-0.2, 0) is 27.2 Å². The van der Waals surface area contributed by atoms with E-state index in [1.807, 2.05) is 6.92 Å². The number of ether oxygens (including phenoxy) is 4. The molecular formula is C26H30N2O6. The molecule has 0 radical (unpaired) electrons. The van der Waals surface area contributed by atoms with Crippen molar-refractivity contribution < 1.29 is 23.7 Å². The van der Waals surface area contributed by atoms with Crippen LogP contribution >= 0.6 is 0 Å². The van der Waals surface area contributed by atoms with Gasteiger partial charge in [-0.15, -0.1) is 0 Å². The largest absolute Gasteiger partial charge is 0.476 e. The zero-order valence-corrected chi connectivity index (χ0v) is 19.7. The summed E-state index contributed by atoms with van der Waals surface area (Å²) in [4.78, 5) is 26.3. The van der Waals surface area contributed by atoms with Crippen LogP contribution in [0.2, 0.25) is 0 Å². The van der Waals surface area contributed by atoms with Gasteiger partial charge in [0.1, 0.15) is 12.7 Å². The first kappa shape index (κ1) is 22.7. The fourth-order valence-electron chi connectivity index (χ4n) is 4.92. The van der Waals surface area contributed by atoms with Crippen LogP contribution in [0.5, 0.6) is 5.88 Å². The predicted octanol–water partition coefficient (Wildman–Crippen LogP) is 3.03. The number of aryl methyl sites for hydroxylation is 1. The first-order valence-electron chi connectivity index (χ1n) is 11.8. The standard InChI is InChI=1S/C26H30N2O6/c1-17-23(29)14-24(34-16-21-15-32-11-12-33-21)28-10-7-20-13-19(3-4-22(20)25(17)28)18-5-8-27(9-6-18)26(30)31-2/h3-5,13-14,21H,6-12,15-16H2,1-2H3/t21-/m0/s1. The van der Waals surface area contributed by atoms with Gasteiger partial charge in [0.2, 0.25) is 0 Å². The second kappa shape index (κ2) is 9.64. The Balaban J connectivity index is 1.41. The second-order valence-corrected chi connectivity index (χ2v) is 8.87. The van der Waals surface area contributed by atoms with Crippen molar-refractivity contribution in [1.29, 1.82) is 0 Å². The molecule has 1 aromatic carbocycles. The van der Waals surface area contributed by atoms with Crippen LogP contribution in [0.3, 0.4) is 0 Å². The smallest absolute Gasteiger partial charge is 0.409 e. The number of hydrogen-bond donors (Lipinski definition) is 0. The third-order valence-electron chi connectivity index (χ3n) is 6.80. The normalized spacial score (nSPS) is 19.6. The fraction of sp³-hybridized carbons (Fsp3) is 0.462. The van der Waals surface area contributed by atoms with E-state index in [-0.39, 0.29) is 17.6 Å². The van der Waals surface area contributed by atoms with Gasteiger partial charge in [-0.3, -0.25) is 4.79 Å². The lowest BCUT2D eigenvalue weighted by atomic mass is 9.90. The Kier molecular flexibility index (Phi) is 6.43. The van der Waals surface area contributed by atoms with Crippen molar-refractivity contribution in [1.82, 2.24) is 9.47 Å². The minimum atomic E-state index is -0.293. The van der Waals surface area contributed by atoms with Crippen molar-refractivity contribution in [3.05, 3.63) is 57.3 Å². The Bertz CT molecular complexity index is 1180. The number of carbonyl (C=O) groups is 1. The third kappa shape index (κ3) is 4.35. The van der Waals surface area contributed by atoms with E-state index in [0.717, 1.165) is 36.2 Å². The maximum absolute atomic E-state index is 12.8. The van der Waals surface area contributed by atoms with Gasteiger partial charge in [0.15, 0.2) is 11.3 Å². The van der Waals surface area contributed by atoms with Gasteiger partial charge in [-0.25, -0.2) is 4.79 Å². The van der Waals surface area contributed by atoms with Crippen molar-refractivity contribution in [2.24, 2.45) is 0 Å². The summed E-state index contributed by atoms with van der Waals surface area (Å²) >= 11 is 0. The summed E-state index contributed by atoms with van der Waals surface area (Å²) in [6.45, 7) is 5.83. The molecule has 0 aliphatic carbocycles. The number of hydrogen-bond acceptors (Lipinski definition) is 6. The third-order valence-corrected chi connectivity index (χ3v) is 6.80. The molecule has 1 atom stereocenters. The Labute approximate surface area is 198 Å². The fourth-order valence-corrected chi connectivity index (χ4v) is 4.92. The van der Waals surface area contributed by atoms with Crippen LogP contribution in [0, 0.1) is 6.92 Å². The number of aromatic nitrogens is 1. The Morgan fingerprint density at radius 2 is 2.06 bits per heavy atom. The quantitative estimate of drug-likeness (QED) is 0.689. The number of amides is 1. The van der Waals surface area contributed by atoms with Crippen LogP contribution in [0.4, 0.5) is 4.79 Å². The van der Waals surface area contributed by atoms with Gasteiger partial charge in [-0.1, -0.05) is 24.3 Å². The first-order chi connectivity index (χ1) is 16.5. The van der Waals surface area contributed by atoms with Crippen molar-refractivity contribution >= 4 is 11.7 Å². The molecule has 0 unspecified atom stereocenters. The first-order valence-corrected chi connectivity index (χ1v) is 11.8. The second-order valence-electron chi connectivity index (χ2n) is 8.87. The molecule has 34 heavy (non-hydrogen) atoms. The molecule has 180 valence electrons. The summed E-state index contributed by atoms with van der Waals surface area (Å²) in [6.07, 6.45) is 3.31. The van der Waals surface area contributed by atoms with E-state index in [9.17, 15) is 9.59 Å². The van der Waals surface area contributed by atoms with Crippen LogP contribution in [0.15, 0.2) is 35.1 Å². The lowest BCUT2D eigenvalue weighted by Gasteiger charge is -2.29. The molecular weight excluding hydrogens is 436 g/mol. The summed E-state index contributed by atoms with van der Waals surface area (Å²) in [5.41, 5.74) is 6.30. The number of pyridine rings is 1. The maximum atomic E-state index is 12.8. The maximum Gasteiger partial charge on any atom is 0.409 e. The van der Waals surface area contributed by atoms with Gasteiger partial charge in [0.25, 0.3) is 0 Å². The molecule has 8 nitrogen and oxygen atoms in total. The van der Waals surface area contributed by atoms with E-state index >= 15 is 0 Å². The summed E-state index contributed by atoms with van der Waals surface area (Å²) in [5, 5.41) is 0. The minimum Gasteiger partial charge on any atom is -0.476 e. The van der Waals surface area contributed by atoms with Crippen LogP contribution in [0.25, 0.3) is 16.8 Å². The van der Waals surface area contributed by atoms with Crippen LogP contribution < -0.4 is 10.2 Å². The van der Waals surface area contributed by atoms with Crippen LogP contribution in [-0.4, -0.2) is 68.3 Å².